The Labute approximate surface area is 123 Å². The fourth-order valence-corrected chi connectivity index (χ4v) is 2.75. The number of nitrogens with zero attached hydrogens (tertiary/aromatic N) is 1. The molecule has 0 aromatic heterocycles. The molecule has 2 atom stereocenters. The highest BCUT2D eigenvalue weighted by molar-refractivity contribution is 7.98. The first kappa shape index (κ1) is 14.9. The van der Waals surface area contributed by atoms with Gasteiger partial charge in [0.1, 0.15) is 12.1 Å². The monoisotopic (exact) mass is 292 g/mol. The summed E-state index contributed by atoms with van der Waals surface area (Å²) in [5.41, 5.74) is 0.779. The second-order valence-electron chi connectivity index (χ2n) is 5.31. The smallest absolute Gasteiger partial charge is 0.250 e. The molecule has 1 aromatic carbocycles. The lowest BCUT2D eigenvalue weighted by Gasteiger charge is -2.38. The molecular weight excluding hydrogens is 272 g/mol. The molecule has 0 aliphatic carbocycles. The van der Waals surface area contributed by atoms with Gasteiger partial charge < -0.3 is 5.32 Å². The minimum atomic E-state index is -0.474. The standard InChI is InChI=1S/C15H20N2O2S/c1-9(2)13-15(19)17(10(3)14(18)16-13)11-5-7-12(20-4)8-6-11/h5-10,13H,1-4H3,(H,16,18). The van der Waals surface area contributed by atoms with Gasteiger partial charge >= 0.3 is 0 Å². The van der Waals surface area contributed by atoms with E-state index in [0.29, 0.717) is 0 Å². The van der Waals surface area contributed by atoms with Crippen LogP contribution in [0.2, 0.25) is 0 Å². The Morgan fingerprint density at radius 1 is 1.20 bits per heavy atom. The highest BCUT2D eigenvalue weighted by atomic mass is 32.2. The van der Waals surface area contributed by atoms with E-state index in [9.17, 15) is 9.59 Å². The summed E-state index contributed by atoms with van der Waals surface area (Å²) in [7, 11) is 0. The highest BCUT2D eigenvalue weighted by Gasteiger charge is 2.40. The van der Waals surface area contributed by atoms with Crippen molar-refractivity contribution in [2.45, 2.75) is 37.8 Å². The molecule has 0 bridgehead atoms. The van der Waals surface area contributed by atoms with Crippen molar-refractivity contribution in [2.24, 2.45) is 5.92 Å². The van der Waals surface area contributed by atoms with Crippen LogP contribution in [0.3, 0.4) is 0 Å². The summed E-state index contributed by atoms with van der Waals surface area (Å²) in [5, 5.41) is 2.80. The lowest BCUT2D eigenvalue weighted by molar-refractivity contribution is -0.134. The molecule has 2 rings (SSSR count). The Balaban J connectivity index is 2.35. The van der Waals surface area contributed by atoms with Gasteiger partial charge in [-0.3, -0.25) is 14.5 Å². The number of rotatable bonds is 3. The van der Waals surface area contributed by atoms with Crippen LogP contribution in [0.1, 0.15) is 20.8 Å². The van der Waals surface area contributed by atoms with Crippen molar-refractivity contribution < 1.29 is 9.59 Å². The maximum absolute atomic E-state index is 12.6. The van der Waals surface area contributed by atoms with Crippen LogP contribution in [0.5, 0.6) is 0 Å². The first-order valence-corrected chi connectivity index (χ1v) is 7.95. The Hall–Kier alpha value is -1.49. The minimum absolute atomic E-state index is 0.0380. The Morgan fingerprint density at radius 2 is 1.80 bits per heavy atom. The van der Waals surface area contributed by atoms with Crippen molar-refractivity contribution in [3.63, 3.8) is 0 Å². The van der Waals surface area contributed by atoms with Crippen molar-refractivity contribution in [1.29, 1.82) is 0 Å². The lowest BCUT2D eigenvalue weighted by Crippen LogP contribution is -2.64. The number of carbonyl (C=O) groups excluding carboxylic acids is 2. The van der Waals surface area contributed by atoms with E-state index in [0.717, 1.165) is 10.6 Å². The van der Waals surface area contributed by atoms with Gasteiger partial charge in [-0.1, -0.05) is 13.8 Å². The van der Waals surface area contributed by atoms with Crippen molar-refractivity contribution in [3.05, 3.63) is 24.3 Å². The topological polar surface area (TPSA) is 49.4 Å². The molecule has 108 valence electrons. The van der Waals surface area contributed by atoms with E-state index >= 15 is 0 Å². The van der Waals surface area contributed by atoms with Crippen LogP contribution in [0.4, 0.5) is 5.69 Å². The van der Waals surface area contributed by atoms with E-state index in [1.54, 1.807) is 23.6 Å². The van der Waals surface area contributed by atoms with Crippen LogP contribution in [-0.4, -0.2) is 30.2 Å². The average Bonchev–Trinajstić information content (AvgIpc) is 2.43. The lowest BCUT2D eigenvalue weighted by atomic mass is 9.98. The molecule has 20 heavy (non-hydrogen) atoms. The van der Waals surface area contributed by atoms with E-state index in [4.69, 9.17) is 0 Å². The molecule has 0 spiro atoms. The fraction of sp³-hybridized carbons (Fsp3) is 0.467. The average molecular weight is 292 g/mol. The number of amides is 2. The molecule has 1 aromatic rings. The largest absolute Gasteiger partial charge is 0.342 e. The van der Waals surface area contributed by atoms with Gasteiger partial charge in [0, 0.05) is 10.6 Å². The van der Waals surface area contributed by atoms with E-state index < -0.39 is 12.1 Å². The molecule has 5 heteroatoms. The van der Waals surface area contributed by atoms with Crippen molar-refractivity contribution >= 4 is 29.3 Å². The predicted molar refractivity (Wildman–Crippen MR) is 81.9 cm³/mol. The summed E-state index contributed by atoms with van der Waals surface area (Å²) in [6, 6.07) is 6.82. The molecule has 0 saturated carbocycles. The normalized spacial score (nSPS) is 23.1. The zero-order valence-electron chi connectivity index (χ0n) is 12.2. The number of piperazine rings is 1. The van der Waals surface area contributed by atoms with Crippen LogP contribution < -0.4 is 10.2 Å². The Morgan fingerprint density at radius 3 is 2.30 bits per heavy atom. The molecule has 4 nitrogen and oxygen atoms in total. The first-order valence-electron chi connectivity index (χ1n) is 6.73. The summed E-state index contributed by atoms with van der Waals surface area (Å²) in [4.78, 5) is 27.4. The first-order chi connectivity index (χ1) is 9.45. The number of hydrogen-bond donors (Lipinski definition) is 1. The molecule has 0 radical (unpaired) electrons. The summed E-state index contributed by atoms with van der Waals surface area (Å²) in [6.07, 6.45) is 2.01. The van der Waals surface area contributed by atoms with Gasteiger partial charge in [0.05, 0.1) is 0 Å². The van der Waals surface area contributed by atoms with Crippen LogP contribution in [0.15, 0.2) is 29.2 Å². The van der Waals surface area contributed by atoms with Gasteiger partial charge in [0.2, 0.25) is 5.91 Å². The number of hydrogen-bond acceptors (Lipinski definition) is 3. The van der Waals surface area contributed by atoms with Gasteiger partial charge in [-0.2, -0.15) is 0 Å². The fourth-order valence-electron chi connectivity index (χ4n) is 2.34. The molecule has 2 amide bonds. The second kappa shape index (κ2) is 5.87. The maximum atomic E-state index is 12.6. The van der Waals surface area contributed by atoms with Gasteiger partial charge in [-0.25, -0.2) is 0 Å². The second-order valence-corrected chi connectivity index (χ2v) is 6.19. The predicted octanol–water partition coefficient (Wildman–Crippen LogP) is 2.28. The number of benzene rings is 1. The number of anilines is 1. The van der Waals surface area contributed by atoms with Crippen LogP contribution in [0.25, 0.3) is 0 Å². The zero-order chi connectivity index (χ0) is 14.9. The van der Waals surface area contributed by atoms with Gasteiger partial charge in [-0.05, 0) is 43.4 Å². The van der Waals surface area contributed by atoms with Crippen LogP contribution in [0, 0.1) is 5.92 Å². The third kappa shape index (κ3) is 2.68. The van der Waals surface area contributed by atoms with Gasteiger partial charge in [0.15, 0.2) is 0 Å². The van der Waals surface area contributed by atoms with Gasteiger partial charge in [0.25, 0.3) is 5.91 Å². The van der Waals surface area contributed by atoms with E-state index in [1.807, 2.05) is 44.4 Å². The molecule has 1 aliphatic heterocycles. The summed E-state index contributed by atoms with van der Waals surface area (Å²) >= 11 is 1.65. The molecule has 1 aliphatic rings. The molecule has 2 unspecified atom stereocenters. The number of carbonyl (C=O) groups is 2. The van der Waals surface area contributed by atoms with E-state index in [-0.39, 0.29) is 17.7 Å². The van der Waals surface area contributed by atoms with Crippen molar-refractivity contribution in [3.8, 4) is 0 Å². The third-order valence-corrected chi connectivity index (χ3v) is 4.33. The molecule has 1 saturated heterocycles. The van der Waals surface area contributed by atoms with E-state index in [2.05, 4.69) is 5.32 Å². The molecule has 1 fully saturated rings. The Kier molecular flexibility index (Phi) is 4.38. The summed E-state index contributed by atoms with van der Waals surface area (Å²) < 4.78 is 0. The van der Waals surface area contributed by atoms with Crippen LogP contribution >= 0.6 is 11.8 Å². The van der Waals surface area contributed by atoms with Gasteiger partial charge in [-0.15, -0.1) is 11.8 Å². The highest BCUT2D eigenvalue weighted by Crippen LogP contribution is 2.26. The summed E-state index contributed by atoms with van der Waals surface area (Å²) in [5.74, 6) is -0.0619. The SMILES string of the molecule is CSc1ccc(N2C(=O)C(C(C)C)NC(=O)C2C)cc1. The molecule has 1 N–H and O–H groups in total. The maximum Gasteiger partial charge on any atom is 0.250 e. The van der Waals surface area contributed by atoms with Crippen LogP contribution in [-0.2, 0) is 9.59 Å². The number of thioether (sulfide) groups is 1. The quantitative estimate of drug-likeness (QED) is 0.870. The molecular formula is C15H20N2O2S. The summed E-state index contributed by atoms with van der Waals surface area (Å²) in [6.45, 7) is 5.63. The zero-order valence-corrected chi connectivity index (χ0v) is 13.0. The van der Waals surface area contributed by atoms with Crippen molar-refractivity contribution in [2.75, 3.05) is 11.2 Å². The van der Waals surface area contributed by atoms with Crippen molar-refractivity contribution in [1.82, 2.24) is 5.32 Å². The minimum Gasteiger partial charge on any atom is -0.342 e. The molecule has 1 heterocycles. The van der Waals surface area contributed by atoms with E-state index in [1.165, 1.54) is 0 Å². The Bertz CT molecular complexity index is 513. The number of nitrogens with one attached hydrogen (secondary N) is 1. The third-order valence-electron chi connectivity index (χ3n) is 3.59.